The minimum Gasteiger partial charge on any atom is -0.377 e. The molecule has 1 aromatic heterocycles. The molecule has 2 aliphatic heterocycles. The minimum atomic E-state index is -0.584. The number of ether oxygens (including phenoxy) is 4. The van der Waals surface area contributed by atoms with Gasteiger partial charge in [0.2, 0.25) is 0 Å². The number of benzene rings is 1. The minimum absolute atomic E-state index is 0.307. The van der Waals surface area contributed by atoms with Crippen molar-refractivity contribution in [1.29, 1.82) is 0 Å². The number of methoxy groups -OCH3 is 1. The summed E-state index contributed by atoms with van der Waals surface area (Å²) in [5, 5.41) is 4.55. The Hall–Kier alpha value is -1.84. The van der Waals surface area contributed by atoms with Crippen LogP contribution in [0.15, 0.2) is 52.6 Å². The smallest absolute Gasteiger partial charge is 0.184 e. The molecule has 1 aromatic carbocycles. The van der Waals surface area contributed by atoms with Crippen LogP contribution in [-0.4, -0.2) is 48.5 Å². The summed E-state index contributed by atoms with van der Waals surface area (Å²) >= 11 is 7.55. The molecule has 10 heteroatoms. The van der Waals surface area contributed by atoms with Gasteiger partial charge in [-0.05, 0) is 18.5 Å². The highest BCUT2D eigenvalue weighted by Gasteiger charge is 2.50. The molecule has 0 bridgehead atoms. The molecule has 2 fully saturated rings. The standard InChI is InChI=1S/C20H21ClN4O4S/c1-11-15(8-13(21)9-23-11)30-20-18(26-2)16(24-25-22)17-14(28-20)10-27-19(29-17)12-6-4-3-5-7-12/h3-9,14,16-20H,10H2,1-2H3/t14?,16-,17-,18?,19?,20+/m0/s1. The quantitative estimate of drug-likeness (QED) is 0.374. The maximum absolute atomic E-state index is 9.20. The molecule has 30 heavy (non-hydrogen) atoms. The number of hydrogen-bond acceptors (Lipinski definition) is 7. The van der Waals surface area contributed by atoms with Crippen LogP contribution in [0.3, 0.4) is 0 Å². The maximum atomic E-state index is 9.20. The lowest BCUT2D eigenvalue weighted by Crippen LogP contribution is -2.60. The van der Waals surface area contributed by atoms with E-state index in [0.717, 1.165) is 16.2 Å². The molecule has 158 valence electrons. The molecule has 8 nitrogen and oxygen atoms in total. The molecule has 4 rings (SSSR count). The third-order valence-corrected chi connectivity index (χ3v) is 6.57. The topological polar surface area (TPSA) is 98.6 Å². The molecule has 3 unspecified atom stereocenters. The van der Waals surface area contributed by atoms with Gasteiger partial charge in [0.05, 0.1) is 23.4 Å². The molecule has 3 heterocycles. The SMILES string of the molecule is COC1[C@@H](Sc2cc(Cl)cnc2C)OC2COC(c3ccccc3)O[C@@H]2[C@@H]1N=[N+]=[N-]. The molecular weight excluding hydrogens is 428 g/mol. The number of fused-ring (bicyclic) bond motifs is 1. The second-order valence-corrected chi connectivity index (χ2v) is 8.55. The van der Waals surface area contributed by atoms with Crippen LogP contribution in [0, 0.1) is 6.92 Å². The average Bonchev–Trinajstić information content (AvgIpc) is 2.77. The summed E-state index contributed by atoms with van der Waals surface area (Å²) in [7, 11) is 1.57. The van der Waals surface area contributed by atoms with Gasteiger partial charge < -0.3 is 18.9 Å². The highest BCUT2D eigenvalue weighted by atomic mass is 35.5. The van der Waals surface area contributed by atoms with Crippen molar-refractivity contribution in [2.75, 3.05) is 13.7 Å². The number of hydrogen-bond donors (Lipinski definition) is 0. The van der Waals surface area contributed by atoms with E-state index in [4.69, 9.17) is 30.5 Å². The Morgan fingerprint density at radius 3 is 2.83 bits per heavy atom. The van der Waals surface area contributed by atoms with Gasteiger partial charge in [0, 0.05) is 28.7 Å². The highest BCUT2D eigenvalue weighted by Crippen LogP contribution is 2.41. The Morgan fingerprint density at radius 1 is 1.30 bits per heavy atom. The van der Waals surface area contributed by atoms with Gasteiger partial charge in [-0.3, -0.25) is 4.98 Å². The van der Waals surface area contributed by atoms with Gasteiger partial charge in [0.25, 0.3) is 0 Å². The zero-order chi connectivity index (χ0) is 21.1. The van der Waals surface area contributed by atoms with Crippen LogP contribution in [0.1, 0.15) is 17.5 Å². The first kappa shape index (κ1) is 21.4. The molecule has 2 aliphatic rings. The first-order valence-electron chi connectivity index (χ1n) is 9.44. The predicted molar refractivity (Wildman–Crippen MR) is 112 cm³/mol. The summed E-state index contributed by atoms with van der Waals surface area (Å²) in [5.41, 5.74) is 10.5. The number of aromatic nitrogens is 1. The van der Waals surface area contributed by atoms with E-state index < -0.39 is 36.1 Å². The van der Waals surface area contributed by atoms with Crippen molar-refractivity contribution in [2.24, 2.45) is 5.11 Å². The summed E-state index contributed by atoms with van der Waals surface area (Å²) in [5.74, 6) is 0. The Kier molecular flexibility index (Phi) is 6.80. The van der Waals surface area contributed by atoms with Crippen molar-refractivity contribution in [1.82, 2.24) is 4.98 Å². The van der Waals surface area contributed by atoms with E-state index in [2.05, 4.69) is 15.0 Å². The van der Waals surface area contributed by atoms with Crippen molar-refractivity contribution in [3.05, 3.63) is 69.3 Å². The summed E-state index contributed by atoms with van der Waals surface area (Å²) in [6, 6.07) is 10.9. The van der Waals surface area contributed by atoms with E-state index in [1.807, 2.05) is 43.3 Å². The van der Waals surface area contributed by atoms with E-state index in [1.54, 1.807) is 13.3 Å². The van der Waals surface area contributed by atoms with Crippen molar-refractivity contribution < 1.29 is 18.9 Å². The molecule has 6 atom stereocenters. The lowest BCUT2D eigenvalue weighted by atomic mass is 9.96. The largest absolute Gasteiger partial charge is 0.377 e. The van der Waals surface area contributed by atoms with Crippen molar-refractivity contribution in [3.63, 3.8) is 0 Å². The van der Waals surface area contributed by atoms with E-state index in [0.29, 0.717) is 11.6 Å². The fourth-order valence-corrected chi connectivity index (χ4v) is 5.11. The van der Waals surface area contributed by atoms with Crippen LogP contribution >= 0.6 is 23.4 Å². The van der Waals surface area contributed by atoms with E-state index in [-0.39, 0.29) is 0 Å². The van der Waals surface area contributed by atoms with Crippen LogP contribution in [0.2, 0.25) is 5.02 Å². The zero-order valence-electron chi connectivity index (χ0n) is 16.4. The van der Waals surface area contributed by atoms with Crippen molar-refractivity contribution >= 4 is 23.4 Å². The number of rotatable bonds is 5. The van der Waals surface area contributed by atoms with Gasteiger partial charge in [-0.2, -0.15) is 0 Å². The van der Waals surface area contributed by atoms with Crippen LogP contribution in [0.25, 0.3) is 10.4 Å². The van der Waals surface area contributed by atoms with E-state index in [1.165, 1.54) is 11.8 Å². The summed E-state index contributed by atoms with van der Waals surface area (Å²) in [6.45, 7) is 2.20. The molecule has 2 saturated heterocycles. The monoisotopic (exact) mass is 448 g/mol. The molecule has 0 saturated carbocycles. The van der Waals surface area contributed by atoms with Gasteiger partial charge in [-0.25, -0.2) is 0 Å². The molecule has 2 aromatic rings. The Labute approximate surface area is 183 Å². The second kappa shape index (κ2) is 9.53. The zero-order valence-corrected chi connectivity index (χ0v) is 18.0. The number of azide groups is 1. The van der Waals surface area contributed by atoms with E-state index >= 15 is 0 Å². The first-order valence-corrected chi connectivity index (χ1v) is 10.7. The van der Waals surface area contributed by atoms with Gasteiger partial charge in [-0.1, -0.05) is 58.8 Å². The molecule has 0 aliphatic carbocycles. The second-order valence-electron chi connectivity index (χ2n) is 6.97. The van der Waals surface area contributed by atoms with Gasteiger partial charge >= 0.3 is 0 Å². The third kappa shape index (κ3) is 4.43. The number of halogens is 1. The van der Waals surface area contributed by atoms with Crippen LogP contribution in [0.5, 0.6) is 0 Å². The highest BCUT2D eigenvalue weighted by molar-refractivity contribution is 7.99. The Balaban J connectivity index is 1.59. The normalized spacial score (nSPS) is 30.9. The number of nitrogens with zero attached hydrogens (tertiary/aromatic N) is 4. The van der Waals surface area contributed by atoms with Gasteiger partial charge in [0.15, 0.2) is 6.29 Å². The van der Waals surface area contributed by atoms with Crippen LogP contribution in [0.4, 0.5) is 0 Å². The number of thioether (sulfide) groups is 1. The van der Waals surface area contributed by atoms with Crippen LogP contribution < -0.4 is 0 Å². The molecule has 0 amide bonds. The number of pyridine rings is 1. The van der Waals surface area contributed by atoms with Crippen molar-refractivity contribution in [2.45, 2.75) is 47.9 Å². The molecule has 0 radical (unpaired) electrons. The molecule has 0 spiro atoms. The Morgan fingerprint density at radius 2 is 2.10 bits per heavy atom. The van der Waals surface area contributed by atoms with Gasteiger partial charge in [0.1, 0.15) is 23.7 Å². The summed E-state index contributed by atoms with van der Waals surface area (Å²) < 4.78 is 24.1. The van der Waals surface area contributed by atoms with Gasteiger partial charge in [-0.15, -0.1) is 0 Å². The Bertz CT molecular complexity index is 930. The fourth-order valence-electron chi connectivity index (χ4n) is 3.62. The summed E-state index contributed by atoms with van der Waals surface area (Å²) in [4.78, 5) is 8.21. The van der Waals surface area contributed by atoms with Crippen LogP contribution in [-0.2, 0) is 18.9 Å². The maximum Gasteiger partial charge on any atom is 0.184 e. The van der Waals surface area contributed by atoms with E-state index in [9.17, 15) is 5.53 Å². The fraction of sp³-hybridized carbons (Fsp3) is 0.450. The lowest BCUT2D eigenvalue weighted by Gasteiger charge is -2.47. The molecule has 0 N–H and O–H groups in total. The predicted octanol–water partition coefficient (Wildman–Crippen LogP) is 4.67. The molecular formula is C20H21ClN4O4S. The average molecular weight is 449 g/mol. The number of aryl methyl sites for hydroxylation is 1. The lowest BCUT2D eigenvalue weighted by molar-refractivity contribution is -0.298. The van der Waals surface area contributed by atoms with Crippen molar-refractivity contribution in [3.8, 4) is 0 Å². The first-order chi connectivity index (χ1) is 14.6. The third-order valence-electron chi connectivity index (χ3n) is 5.09. The summed E-state index contributed by atoms with van der Waals surface area (Å²) in [6.07, 6.45) is -0.396.